The quantitative estimate of drug-likeness (QED) is 0.240. The number of aliphatic hydroxyl groups excluding tert-OH is 1. The average molecular weight is 565 g/mol. The first kappa shape index (κ1) is 27.7. The number of nitrogens with zero attached hydrogens (tertiary/aromatic N) is 4. The Bertz CT molecular complexity index is 1450. The van der Waals surface area contributed by atoms with Gasteiger partial charge in [0, 0.05) is 18.0 Å². The van der Waals surface area contributed by atoms with Crippen LogP contribution < -0.4 is 5.73 Å². The number of H-pyrrole nitrogens is 1. The van der Waals surface area contributed by atoms with Crippen molar-refractivity contribution >= 4 is 17.0 Å². The molecule has 2 aromatic carbocycles. The van der Waals surface area contributed by atoms with Crippen molar-refractivity contribution in [2.75, 3.05) is 18.8 Å². The van der Waals surface area contributed by atoms with E-state index in [9.17, 15) is 18.3 Å². The molecule has 0 aliphatic heterocycles. The third-order valence-corrected chi connectivity index (χ3v) is 9.65. The molecule has 7 nitrogen and oxygen atoms in total. The Morgan fingerprint density at radius 3 is 2.22 bits per heavy atom. The maximum Gasteiger partial charge on any atom is 0.415 e. The fourth-order valence-electron chi connectivity index (χ4n) is 7.32. The Kier molecular flexibility index (Phi) is 7.23. The molecule has 2 atom stereocenters. The van der Waals surface area contributed by atoms with Crippen LogP contribution in [0.2, 0.25) is 0 Å². The lowest BCUT2D eigenvalue weighted by atomic mass is 9.54. The van der Waals surface area contributed by atoms with Crippen LogP contribution in [0.5, 0.6) is 0 Å². The van der Waals surface area contributed by atoms with E-state index in [1.807, 2.05) is 41.3 Å². The van der Waals surface area contributed by atoms with Crippen molar-refractivity contribution in [3.8, 4) is 0 Å². The summed E-state index contributed by atoms with van der Waals surface area (Å²) in [6.45, 7) is -0.0617. The van der Waals surface area contributed by atoms with Gasteiger partial charge < -0.3 is 10.8 Å². The number of fused-ring (bicyclic) bond motifs is 4. The fraction of sp³-hybridized carbons (Fsp3) is 0.452. The van der Waals surface area contributed by atoms with Gasteiger partial charge in [-0.05, 0) is 79.7 Å². The van der Waals surface area contributed by atoms with Crippen molar-refractivity contribution in [3.05, 3.63) is 83.4 Å². The average Bonchev–Trinajstić information content (AvgIpc) is 3.46. The predicted molar refractivity (Wildman–Crippen MR) is 151 cm³/mol. The van der Waals surface area contributed by atoms with E-state index in [0.717, 1.165) is 49.7 Å². The zero-order chi connectivity index (χ0) is 28.7. The molecule has 2 heterocycles. The van der Waals surface area contributed by atoms with E-state index >= 15 is 0 Å². The normalized spacial score (nSPS) is 24.1. The van der Waals surface area contributed by atoms with Crippen LogP contribution in [0.3, 0.4) is 0 Å². The minimum atomic E-state index is -4.68. The summed E-state index contributed by atoms with van der Waals surface area (Å²) in [6.07, 6.45) is -1.37. The molecular formula is C31H35F3N6O. The Morgan fingerprint density at radius 2 is 1.59 bits per heavy atom. The monoisotopic (exact) mass is 564 g/mol. The van der Waals surface area contributed by atoms with Gasteiger partial charge in [-0.3, -0.25) is 4.90 Å². The third-order valence-electron chi connectivity index (χ3n) is 9.65. The van der Waals surface area contributed by atoms with E-state index in [1.54, 1.807) is 6.07 Å². The maximum absolute atomic E-state index is 13.7. The summed E-state index contributed by atoms with van der Waals surface area (Å²) in [5.74, 6) is 0.117. The van der Waals surface area contributed by atoms with Crippen LogP contribution in [0.4, 0.5) is 19.0 Å². The van der Waals surface area contributed by atoms with Gasteiger partial charge in [-0.25, -0.2) is 10.1 Å². The molecule has 10 heteroatoms. The summed E-state index contributed by atoms with van der Waals surface area (Å²) in [4.78, 5) is 6.24. The number of halogens is 3. The number of alkyl halides is 3. The molecule has 7 rings (SSSR count). The first-order valence-corrected chi connectivity index (χ1v) is 14.3. The van der Waals surface area contributed by atoms with Gasteiger partial charge in [0.05, 0.1) is 0 Å². The van der Waals surface area contributed by atoms with Crippen molar-refractivity contribution < 1.29 is 18.3 Å². The third kappa shape index (κ3) is 5.30. The van der Waals surface area contributed by atoms with Crippen molar-refractivity contribution in [2.24, 2.45) is 0 Å². The number of aliphatic hydroxyl groups is 1. The van der Waals surface area contributed by atoms with E-state index in [-0.39, 0.29) is 16.9 Å². The zero-order valence-corrected chi connectivity index (χ0v) is 22.8. The highest BCUT2D eigenvalue weighted by atomic mass is 19.4. The topological polar surface area (TPSA) is 104 Å². The maximum atomic E-state index is 13.7. The highest BCUT2D eigenvalue weighted by molar-refractivity contribution is 5.77. The molecule has 4 aromatic rings. The number of hydrogen-bond donors (Lipinski definition) is 3. The van der Waals surface area contributed by atoms with E-state index in [4.69, 9.17) is 5.73 Å². The number of rotatable bonds is 9. The van der Waals surface area contributed by atoms with Crippen molar-refractivity contribution in [1.29, 1.82) is 0 Å². The molecule has 1 unspecified atom stereocenters. The lowest BCUT2D eigenvalue weighted by molar-refractivity contribution is -0.214. The Hall–Kier alpha value is -3.50. The second-order valence-corrected chi connectivity index (χ2v) is 11.8. The van der Waals surface area contributed by atoms with Gasteiger partial charge in [0.25, 0.3) is 0 Å². The molecule has 216 valence electrons. The second kappa shape index (κ2) is 10.7. The first-order valence-electron chi connectivity index (χ1n) is 14.3. The number of nitrogen functional groups attached to an aromatic ring is 1. The molecule has 4 N–H and O–H groups in total. The molecule has 41 heavy (non-hydrogen) atoms. The number of benzene rings is 2. The summed E-state index contributed by atoms with van der Waals surface area (Å²) in [5, 5.41) is 21.2. The number of pyridine rings is 1. The number of aromatic nitrogens is 4. The van der Waals surface area contributed by atoms with Crippen LogP contribution >= 0.6 is 0 Å². The highest BCUT2D eigenvalue weighted by Gasteiger charge is 2.53. The van der Waals surface area contributed by atoms with Gasteiger partial charge in [-0.1, -0.05) is 65.9 Å². The van der Waals surface area contributed by atoms with E-state index in [0.29, 0.717) is 29.9 Å². The van der Waals surface area contributed by atoms with Gasteiger partial charge in [-0.2, -0.15) is 13.2 Å². The summed E-state index contributed by atoms with van der Waals surface area (Å²) < 4.78 is 41.1. The Labute approximate surface area is 237 Å². The fourth-order valence-corrected chi connectivity index (χ4v) is 7.32. The minimum Gasteiger partial charge on any atom is -0.384 e. The number of nitrogens with two attached hydrogens (primary N) is 1. The lowest BCUT2D eigenvalue weighted by Crippen LogP contribution is -2.60. The predicted octanol–water partition coefficient (Wildman–Crippen LogP) is 5.73. The zero-order valence-electron chi connectivity index (χ0n) is 22.8. The van der Waals surface area contributed by atoms with Crippen LogP contribution in [-0.2, 0) is 5.41 Å². The largest absolute Gasteiger partial charge is 0.415 e. The summed E-state index contributed by atoms with van der Waals surface area (Å²) in [6, 6.07) is 22.1. The molecule has 2 bridgehead atoms. The molecule has 3 aliphatic carbocycles. The Morgan fingerprint density at radius 1 is 0.951 bits per heavy atom. The minimum absolute atomic E-state index is 0.0804. The van der Waals surface area contributed by atoms with Crippen LogP contribution in [0, 0.1) is 0 Å². The van der Waals surface area contributed by atoms with Gasteiger partial charge in [0.1, 0.15) is 11.3 Å². The molecule has 3 saturated carbocycles. The number of hydrogen-bond acceptors (Lipinski definition) is 6. The first-order chi connectivity index (χ1) is 19.7. The lowest BCUT2D eigenvalue weighted by Gasteiger charge is -2.58. The van der Waals surface area contributed by atoms with Crippen LogP contribution in [-0.4, -0.2) is 61.3 Å². The number of nitrogens with one attached hydrogen (secondary N) is 1. The van der Waals surface area contributed by atoms with Crippen molar-refractivity contribution in [2.45, 2.75) is 74.1 Å². The molecule has 3 aliphatic rings. The van der Waals surface area contributed by atoms with Crippen LogP contribution in [0.25, 0.3) is 11.2 Å². The molecular weight excluding hydrogens is 529 g/mol. The summed E-state index contributed by atoms with van der Waals surface area (Å²) in [5.41, 5.74) is 10.1. The van der Waals surface area contributed by atoms with Crippen molar-refractivity contribution in [3.63, 3.8) is 0 Å². The SMILES string of the molecule is Nc1cc([C@H](CCN(CC(O)C(F)(F)F)C23CCC(c4ccccc4)(CC2)CC3)c2ccccc2)c2nn[nH]c2n1. The number of aromatic amines is 1. The standard InChI is InChI=1S/C31H35F3N6O/c32-31(33,34)25(41)20-40(30-15-12-29(13-16-30,14-17-30)22-9-5-2-6-10-22)18-11-23(21-7-3-1-4-8-21)24-19-26(35)36-28-27(24)37-39-38-28/h1-10,19,23,25,41H,11-18,20H2,(H3,35,36,37,38,39)/t23-,25?,29?,30?/m1/s1. The van der Waals surface area contributed by atoms with Crippen LogP contribution in [0.1, 0.15) is 67.6 Å². The number of β-amino-alcohol motifs (C(OH)–C–C–N with tert-alkyl or cyclic N) is 1. The smallest absolute Gasteiger partial charge is 0.384 e. The van der Waals surface area contributed by atoms with E-state index in [2.05, 4.69) is 44.7 Å². The highest BCUT2D eigenvalue weighted by Crippen LogP contribution is 2.56. The van der Waals surface area contributed by atoms with Crippen LogP contribution in [0.15, 0.2) is 66.7 Å². The molecule has 2 aromatic heterocycles. The molecule has 0 spiro atoms. The molecule has 0 radical (unpaired) electrons. The van der Waals surface area contributed by atoms with Gasteiger partial charge in [0.15, 0.2) is 11.8 Å². The van der Waals surface area contributed by atoms with Gasteiger partial charge in [-0.15, -0.1) is 5.10 Å². The summed E-state index contributed by atoms with van der Waals surface area (Å²) in [7, 11) is 0. The second-order valence-electron chi connectivity index (χ2n) is 11.8. The molecule has 0 saturated heterocycles. The molecule has 0 amide bonds. The number of anilines is 1. The van der Waals surface area contributed by atoms with Crippen molar-refractivity contribution in [1.82, 2.24) is 25.3 Å². The van der Waals surface area contributed by atoms with Gasteiger partial charge in [0.2, 0.25) is 0 Å². The summed E-state index contributed by atoms with van der Waals surface area (Å²) >= 11 is 0. The van der Waals surface area contributed by atoms with Gasteiger partial charge >= 0.3 is 6.18 Å². The Balaban J connectivity index is 1.31. The van der Waals surface area contributed by atoms with E-state index < -0.39 is 18.8 Å². The molecule has 3 fully saturated rings. The van der Waals surface area contributed by atoms with E-state index in [1.165, 1.54) is 5.56 Å².